The standard InChI is InChI=1S/C23H23BrN2O5S/c1-14(27)16-3-2-4-18(11-16)25-22(28)8-10-32(30,31)21-13-20-17(12-19(21)24)7-9-26(20)23(29)15-5-6-15/h2-4,11-13,15H,5-10H2,1H3,(H,25,28). The lowest BCUT2D eigenvalue weighted by molar-refractivity contribution is -0.119. The molecule has 1 aliphatic carbocycles. The maximum absolute atomic E-state index is 13.0. The first kappa shape index (κ1) is 22.7. The number of sulfone groups is 1. The Morgan fingerprint density at radius 1 is 1.16 bits per heavy atom. The summed E-state index contributed by atoms with van der Waals surface area (Å²) in [5, 5.41) is 2.64. The molecule has 0 spiro atoms. The Hall–Kier alpha value is -2.52. The highest BCUT2D eigenvalue weighted by molar-refractivity contribution is 9.10. The normalized spacial score (nSPS) is 15.4. The van der Waals surface area contributed by atoms with Gasteiger partial charge >= 0.3 is 0 Å². The Morgan fingerprint density at radius 3 is 2.59 bits per heavy atom. The molecule has 4 rings (SSSR count). The van der Waals surface area contributed by atoms with Crippen LogP contribution in [-0.2, 0) is 25.8 Å². The van der Waals surface area contributed by atoms with Gasteiger partial charge < -0.3 is 10.2 Å². The molecule has 0 radical (unpaired) electrons. The van der Waals surface area contributed by atoms with E-state index < -0.39 is 15.7 Å². The van der Waals surface area contributed by atoms with Gasteiger partial charge in [0.1, 0.15) is 0 Å². The second-order valence-electron chi connectivity index (χ2n) is 8.18. The van der Waals surface area contributed by atoms with Crippen molar-refractivity contribution in [2.75, 3.05) is 22.5 Å². The molecular formula is C23H23BrN2O5S. The topological polar surface area (TPSA) is 101 Å². The van der Waals surface area contributed by atoms with E-state index in [0.29, 0.717) is 34.4 Å². The Balaban J connectivity index is 1.47. The third-order valence-corrected chi connectivity index (χ3v) is 8.38. The van der Waals surface area contributed by atoms with Gasteiger partial charge in [-0.25, -0.2) is 8.42 Å². The highest BCUT2D eigenvalue weighted by atomic mass is 79.9. The minimum absolute atomic E-state index is 0.0508. The minimum Gasteiger partial charge on any atom is -0.326 e. The second-order valence-corrected chi connectivity index (χ2v) is 11.1. The first-order valence-electron chi connectivity index (χ1n) is 10.4. The summed E-state index contributed by atoms with van der Waals surface area (Å²) in [6, 6.07) is 9.80. The zero-order valence-corrected chi connectivity index (χ0v) is 20.0. The van der Waals surface area contributed by atoms with Gasteiger partial charge in [-0.3, -0.25) is 14.4 Å². The lowest BCUT2D eigenvalue weighted by Crippen LogP contribution is -2.30. The second kappa shape index (κ2) is 8.78. The van der Waals surface area contributed by atoms with Crippen molar-refractivity contribution in [3.63, 3.8) is 0 Å². The average Bonchev–Trinajstić information content (AvgIpc) is 3.51. The van der Waals surface area contributed by atoms with E-state index in [1.54, 1.807) is 41.3 Å². The predicted molar refractivity (Wildman–Crippen MR) is 125 cm³/mol. The molecular weight excluding hydrogens is 496 g/mol. The predicted octanol–water partition coefficient (Wildman–Crippen LogP) is 3.75. The molecule has 2 amide bonds. The fourth-order valence-corrected chi connectivity index (χ4v) is 6.23. The van der Waals surface area contributed by atoms with Crippen LogP contribution in [0, 0.1) is 5.92 Å². The number of hydrogen-bond acceptors (Lipinski definition) is 5. The minimum atomic E-state index is -3.78. The van der Waals surface area contributed by atoms with Crippen molar-refractivity contribution < 1.29 is 22.8 Å². The number of rotatable bonds is 7. The van der Waals surface area contributed by atoms with Crippen molar-refractivity contribution in [3.8, 4) is 0 Å². The first-order valence-corrected chi connectivity index (χ1v) is 12.9. The Morgan fingerprint density at radius 2 is 1.91 bits per heavy atom. The molecule has 0 atom stereocenters. The number of benzene rings is 2. The van der Waals surface area contributed by atoms with Crippen molar-refractivity contribution in [3.05, 3.63) is 52.0 Å². The Bertz CT molecular complexity index is 1220. The van der Waals surface area contributed by atoms with E-state index in [2.05, 4.69) is 21.2 Å². The molecule has 2 aromatic rings. The summed E-state index contributed by atoms with van der Waals surface area (Å²) in [7, 11) is -3.78. The Labute approximate surface area is 195 Å². The maximum Gasteiger partial charge on any atom is 0.230 e. The zero-order chi connectivity index (χ0) is 23.0. The van der Waals surface area contributed by atoms with Crippen LogP contribution in [0.2, 0.25) is 0 Å². The summed E-state index contributed by atoms with van der Waals surface area (Å²) in [5.74, 6) is -0.855. The molecule has 0 unspecified atom stereocenters. The molecule has 1 heterocycles. The smallest absolute Gasteiger partial charge is 0.230 e. The number of ketones is 1. The van der Waals surface area contributed by atoms with Crippen molar-refractivity contribution in [1.29, 1.82) is 0 Å². The van der Waals surface area contributed by atoms with Gasteiger partial charge in [-0.05, 0) is 71.9 Å². The number of carbonyl (C=O) groups excluding carboxylic acids is 3. The third kappa shape index (κ3) is 4.78. The van der Waals surface area contributed by atoms with Gasteiger partial charge in [0.25, 0.3) is 0 Å². The number of fused-ring (bicyclic) bond motifs is 1. The van der Waals surface area contributed by atoms with Crippen LogP contribution in [0.3, 0.4) is 0 Å². The van der Waals surface area contributed by atoms with Gasteiger partial charge in [0.05, 0.1) is 10.6 Å². The first-order chi connectivity index (χ1) is 15.2. The molecule has 2 aromatic carbocycles. The third-order valence-electron chi connectivity index (χ3n) is 5.71. The van der Waals surface area contributed by atoms with Crippen LogP contribution in [0.15, 0.2) is 45.8 Å². The Kier molecular flexibility index (Phi) is 6.22. The van der Waals surface area contributed by atoms with Crippen LogP contribution >= 0.6 is 15.9 Å². The monoisotopic (exact) mass is 518 g/mol. The highest BCUT2D eigenvalue weighted by Gasteiger charge is 2.37. The maximum atomic E-state index is 13.0. The largest absolute Gasteiger partial charge is 0.326 e. The fourth-order valence-electron chi connectivity index (χ4n) is 3.78. The molecule has 1 aliphatic heterocycles. The average molecular weight is 519 g/mol. The number of nitrogens with zero attached hydrogens (tertiary/aromatic N) is 1. The van der Waals surface area contributed by atoms with Crippen LogP contribution in [0.25, 0.3) is 0 Å². The van der Waals surface area contributed by atoms with Gasteiger partial charge in [0, 0.05) is 40.3 Å². The molecule has 1 saturated carbocycles. The summed E-state index contributed by atoms with van der Waals surface area (Å²) in [5.41, 5.74) is 2.48. The number of Topliss-reactive ketones (excluding diaryl/α,β-unsaturated/α-hetero) is 1. The van der Waals surface area contributed by atoms with Crippen LogP contribution in [-0.4, -0.2) is 38.3 Å². The number of halogens is 1. The van der Waals surface area contributed by atoms with E-state index in [1.165, 1.54) is 6.92 Å². The molecule has 9 heteroatoms. The molecule has 168 valence electrons. The molecule has 32 heavy (non-hydrogen) atoms. The van der Waals surface area contributed by atoms with Crippen LogP contribution in [0.1, 0.15) is 42.1 Å². The molecule has 2 aliphatic rings. The zero-order valence-electron chi connectivity index (χ0n) is 17.6. The molecule has 1 fully saturated rings. The van der Waals surface area contributed by atoms with Crippen molar-refractivity contribution in [1.82, 2.24) is 0 Å². The van der Waals surface area contributed by atoms with Gasteiger partial charge in [0.15, 0.2) is 15.6 Å². The van der Waals surface area contributed by atoms with E-state index in [9.17, 15) is 22.8 Å². The van der Waals surface area contributed by atoms with Crippen LogP contribution < -0.4 is 10.2 Å². The summed E-state index contributed by atoms with van der Waals surface area (Å²) >= 11 is 3.35. The van der Waals surface area contributed by atoms with Gasteiger partial charge in [0.2, 0.25) is 11.8 Å². The highest BCUT2D eigenvalue weighted by Crippen LogP contribution is 2.39. The summed E-state index contributed by atoms with van der Waals surface area (Å²) < 4.78 is 26.5. The quantitative estimate of drug-likeness (QED) is 0.562. The van der Waals surface area contributed by atoms with E-state index >= 15 is 0 Å². The number of amides is 2. The van der Waals surface area contributed by atoms with E-state index in [-0.39, 0.29) is 34.7 Å². The van der Waals surface area contributed by atoms with E-state index in [0.717, 1.165) is 18.4 Å². The molecule has 0 saturated heterocycles. The summed E-state index contributed by atoms with van der Waals surface area (Å²) in [4.78, 5) is 38.2. The van der Waals surface area contributed by atoms with E-state index in [1.807, 2.05) is 0 Å². The van der Waals surface area contributed by atoms with Gasteiger partial charge in [-0.15, -0.1) is 0 Å². The molecule has 1 N–H and O–H groups in total. The number of hydrogen-bond donors (Lipinski definition) is 1. The SMILES string of the molecule is CC(=O)c1cccc(NC(=O)CCS(=O)(=O)c2cc3c(cc2Br)CCN3C(=O)C2CC2)c1. The fraction of sp³-hybridized carbons (Fsp3) is 0.348. The van der Waals surface area contributed by atoms with Crippen LogP contribution in [0.4, 0.5) is 11.4 Å². The van der Waals surface area contributed by atoms with Crippen LogP contribution in [0.5, 0.6) is 0 Å². The van der Waals surface area contributed by atoms with E-state index in [4.69, 9.17) is 0 Å². The van der Waals surface area contributed by atoms with Crippen molar-refractivity contribution in [2.24, 2.45) is 5.92 Å². The molecule has 0 aromatic heterocycles. The van der Waals surface area contributed by atoms with Crippen molar-refractivity contribution >= 4 is 54.7 Å². The lowest BCUT2D eigenvalue weighted by Gasteiger charge is -2.18. The number of nitrogens with one attached hydrogen (secondary N) is 1. The summed E-state index contributed by atoms with van der Waals surface area (Å²) in [6.45, 7) is 1.99. The number of anilines is 2. The van der Waals surface area contributed by atoms with Gasteiger partial charge in [-0.1, -0.05) is 12.1 Å². The van der Waals surface area contributed by atoms with Gasteiger partial charge in [-0.2, -0.15) is 0 Å². The molecule has 0 bridgehead atoms. The molecule has 7 nitrogen and oxygen atoms in total. The lowest BCUT2D eigenvalue weighted by atomic mass is 10.1. The number of carbonyl (C=O) groups is 3. The van der Waals surface area contributed by atoms with Crippen molar-refractivity contribution in [2.45, 2.75) is 37.5 Å². The summed E-state index contributed by atoms with van der Waals surface area (Å²) in [6.07, 6.45) is 2.23.